The van der Waals surface area contributed by atoms with Gasteiger partial charge in [-0.1, -0.05) is 23.8 Å². The summed E-state index contributed by atoms with van der Waals surface area (Å²) in [5, 5.41) is 8.29. The molecule has 1 aliphatic rings. The van der Waals surface area contributed by atoms with Gasteiger partial charge in [0.2, 0.25) is 0 Å². The highest BCUT2D eigenvalue weighted by Crippen LogP contribution is 2.36. The van der Waals surface area contributed by atoms with E-state index in [0.29, 0.717) is 6.04 Å². The molecular weight excluding hydrogens is 246 g/mol. The molecule has 3 rings (SSSR count). The summed E-state index contributed by atoms with van der Waals surface area (Å²) in [7, 11) is 2.07. The Balaban J connectivity index is 2.19. The van der Waals surface area contributed by atoms with Crippen molar-refractivity contribution in [3.63, 3.8) is 0 Å². The van der Waals surface area contributed by atoms with Gasteiger partial charge in [0, 0.05) is 18.7 Å². The van der Waals surface area contributed by atoms with E-state index < -0.39 is 0 Å². The highest BCUT2D eigenvalue weighted by molar-refractivity contribution is 5.73. The van der Waals surface area contributed by atoms with Crippen LogP contribution in [0.5, 0.6) is 0 Å². The number of nitrogens with zero attached hydrogens (tertiary/aromatic N) is 2. The first-order valence-electron chi connectivity index (χ1n) is 7.42. The summed E-state index contributed by atoms with van der Waals surface area (Å²) >= 11 is 0. The fourth-order valence-electron chi connectivity index (χ4n) is 3.33. The van der Waals surface area contributed by atoms with Gasteiger partial charge in [-0.3, -0.25) is 4.68 Å². The molecule has 1 N–H and O–H groups in total. The van der Waals surface area contributed by atoms with Gasteiger partial charge in [0.15, 0.2) is 0 Å². The quantitative estimate of drug-likeness (QED) is 0.905. The molecule has 0 saturated carbocycles. The summed E-state index contributed by atoms with van der Waals surface area (Å²) in [6, 6.07) is 7.12. The summed E-state index contributed by atoms with van der Waals surface area (Å²) in [5.74, 6) is 0. The van der Waals surface area contributed by atoms with E-state index in [1.807, 2.05) is 0 Å². The fourth-order valence-corrected chi connectivity index (χ4v) is 3.33. The topological polar surface area (TPSA) is 29.9 Å². The normalized spacial score (nSPS) is 18.7. The van der Waals surface area contributed by atoms with Crippen molar-refractivity contribution in [1.82, 2.24) is 15.1 Å². The number of nitrogens with one attached hydrogen (secondary N) is 1. The highest BCUT2D eigenvalue weighted by Gasteiger charge is 2.26. The van der Waals surface area contributed by atoms with Crippen LogP contribution in [0.1, 0.15) is 41.4 Å². The highest BCUT2D eigenvalue weighted by atomic mass is 15.3. The Hall–Kier alpha value is -1.61. The summed E-state index contributed by atoms with van der Waals surface area (Å²) in [5.41, 5.74) is 7.76. The SMILES string of the molecule is Cc1ccc(C)c(-c2c(C)nn(C)c2C2CCCN2)c1. The largest absolute Gasteiger partial charge is 0.309 e. The van der Waals surface area contributed by atoms with Crippen LogP contribution in [0.2, 0.25) is 0 Å². The van der Waals surface area contributed by atoms with Gasteiger partial charge in [0.1, 0.15) is 0 Å². The standard InChI is InChI=1S/C17H23N3/c1-11-7-8-12(2)14(10-11)16-13(3)19-20(4)17(16)15-6-5-9-18-15/h7-8,10,15,18H,5-6,9H2,1-4H3. The Kier molecular flexibility index (Phi) is 3.38. The van der Waals surface area contributed by atoms with Crippen molar-refractivity contribution in [1.29, 1.82) is 0 Å². The lowest BCUT2D eigenvalue weighted by molar-refractivity contribution is 0.574. The lowest BCUT2D eigenvalue weighted by Gasteiger charge is -2.16. The molecule has 20 heavy (non-hydrogen) atoms. The molecule has 1 aliphatic heterocycles. The maximum atomic E-state index is 4.68. The van der Waals surface area contributed by atoms with E-state index in [-0.39, 0.29) is 0 Å². The van der Waals surface area contributed by atoms with Crippen LogP contribution in [-0.2, 0) is 7.05 Å². The third-order valence-electron chi connectivity index (χ3n) is 4.32. The molecule has 1 aromatic heterocycles. The third-order valence-corrected chi connectivity index (χ3v) is 4.32. The van der Waals surface area contributed by atoms with E-state index in [1.165, 1.54) is 40.8 Å². The van der Waals surface area contributed by atoms with E-state index in [4.69, 9.17) is 0 Å². The number of rotatable bonds is 2. The summed E-state index contributed by atoms with van der Waals surface area (Å²) < 4.78 is 2.06. The monoisotopic (exact) mass is 269 g/mol. The summed E-state index contributed by atoms with van der Waals surface area (Å²) in [6.45, 7) is 7.58. The lowest BCUT2D eigenvalue weighted by Crippen LogP contribution is -2.17. The molecule has 0 spiro atoms. The van der Waals surface area contributed by atoms with Gasteiger partial charge >= 0.3 is 0 Å². The predicted molar refractivity (Wildman–Crippen MR) is 82.8 cm³/mol. The molecule has 0 amide bonds. The zero-order chi connectivity index (χ0) is 14.3. The number of aromatic nitrogens is 2. The minimum Gasteiger partial charge on any atom is -0.309 e. The number of aryl methyl sites for hydroxylation is 4. The van der Waals surface area contributed by atoms with E-state index in [9.17, 15) is 0 Å². The minimum atomic E-state index is 0.441. The minimum absolute atomic E-state index is 0.441. The van der Waals surface area contributed by atoms with Crippen LogP contribution in [0.25, 0.3) is 11.1 Å². The summed E-state index contributed by atoms with van der Waals surface area (Å²) in [6.07, 6.45) is 2.46. The van der Waals surface area contributed by atoms with Crippen molar-refractivity contribution in [2.75, 3.05) is 6.54 Å². The second-order valence-electron chi connectivity index (χ2n) is 5.94. The Morgan fingerprint density at radius 2 is 2.05 bits per heavy atom. The van der Waals surface area contributed by atoms with Gasteiger partial charge in [-0.2, -0.15) is 5.10 Å². The predicted octanol–water partition coefficient (Wildman–Crippen LogP) is 3.44. The second-order valence-corrected chi connectivity index (χ2v) is 5.94. The van der Waals surface area contributed by atoms with Gasteiger partial charge in [-0.25, -0.2) is 0 Å². The molecule has 1 unspecified atom stereocenters. The molecule has 0 aliphatic carbocycles. The van der Waals surface area contributed by atoms with Crippen LogP contribution in [-0.4, -0.2) is 16.3 Å². The number of hydrogen-bond acceptors (Lipinski definition) is 2. The van der Waals surface area contributed by atoms with Crippen molar-refractivity contribution in [2.45, 2.75) is 39.7 Å². The van der Waals surface area contributed by atoms with Crippen LogP contribution in [0.3, 0.4) is 0 Å². The number of hydrogen-bond donors (Lipinski definition) is 1. The first-order chi connectivity index (χ1) is 9.58. The Morgan fingerprint density at radius 1 is 1.25 bits per heavy atom. The van der Waals surface area contributed by atoms with Crippen molar-refractivity contribution in [3.8, 4) is 11.1 Å². The lowest BCUT2D eigenvalue weighted by atomic mass is 9.94. The maximum absolute atomic E-state index is 4.68. The van der Waals surface area contributed by atoms with E-state index in [1.54, 1.807) is 0 Å². The Labute approximate surface area is 121 Å². The molecule has 2 heterocycles. The van der Waals surface area contributed by atoms with Gasteiger partial charge in [-0.05, 0) is 51.3 Å². The van der Waals surface area contributed by atoms with Crippen LogP contribution >= 0.6 is 0 Å². The molecular formula is C17H23N3. The summed E-state index contributed by atoms with van der Waals surface area (Å²) in [4.78, 5) is 0. The van der Waals surface area contributed by atoms with E-state index >= 15 is 0 Å². The Bertz CT molecular complexity index is 634. The van der Waals surface area contributed by atoms with Crippen molar-refractivity contribution in [3.05, 3.63) is 40.7 Å². The maximum Gasteiger partial charge on any atom is 0.0675 e. The van der Waals surface area contributed by atoms with Crippen LogP contribution in [0.15, 0.2) is 18.2 Å². The molecule has 0 bridgehead atoms. The van der Waals surface area contributed by atoms with Crippen molar-refractivity contribution >= 4 is 0 Å². The van der Waals surface area contributed by atoms with Gasteiger partial charge in [0.25, 0.3) is 0 Å². The smallest absolute Gasteiger partial charge is 0.0675 e. The van der Waals surface area contributed by atoms with Gasteiger partial charge < -0.3 is 5.32 Å². The van der Waals surface area contributed by atoms with Crippen LogP contribution in [0.4, 0.5) is 0 Å². The average Bonchev–Trinajstić information content (AvgIpc) is 3.00. The van der Waals surface area contributed by atoms with E-state index in [2.05, 4.69) is 61.1 Å². The molecule has 1 fully saturated rings. The second kappa shape index (κ2) is 5.06. The molecule has 1 aromatic carbocycles. The van der Waals surface area contributed by atoms with Crippen molar-refractivity contribution in [2.24, 2.45) is 7.05 Å². The molecule has 3 nitrogen and oxygen atoms in total. The third kappa shape index (κ3) is 2.16. The average molecular weight is 269 g/mol. The first-order valence-corrected chi connectivity index (χ1v) is 7.42. The molecule has 2 aromatic rings. The van der Waals surface area contributed by atoms with Crippen LogP contribution < -0.4 is 5.32 Å². The molecule has 3 heteroatoms. The molecule has 106 valence electrons. The van der Waals surface area contributed by atoms with Gasteiger partial charge in [-0.15, -0.1) is 0 Å². The van der Waals surface area contributed by atoms with E-state index in [0.717, 1.165) is 12.2 Å². The fraction of sp³-hybridized carbons (Fsp3) is 0.471. The number of benzene rings is 1. The van der Waals surface area contributed by atoms with Crippen molar-refractivity contribution < 1.29 is 0 Å². The molecule has 0 radical (unpaired) electrons. The van der Waals surface area contributed by atoms with Crippen LogP contribution in [0, 0.1) is 20.8 Å². The molecule has 1 saturated heterocycles. The zero-order valence-corrected chi connectivity index (χ0v) is 12.8. The first kappa shape index (κ1) is 13.4. The molecule has 1 atom stereocenters. The van der Waals surface area contributed by atoms with Gasteiger partial charge in [0.05, 0.1) is 11.4 Å². The Morgan fingerprint density at radius 3 is 2.75 bits per heavy atom. The zero-order valence-electron chi connectivity index (χ0n) is 12.8.